The maximum absolute atomic E-state index is 15.8. The van der Waals surface area contributed by atoms with E-state index in [-0.39, 0.29) is 30.0 Å². The number of carbonyl (C=O) groups is 1. The number of hydrogen-bond acceptors (Lipinski definition) is 10. The van der Waals surface area contributed by atoms with Crippen molar-refractivity contribution in [3.05, 3.63) is 66.6 Å². The summed E-state index contributed by atoms with van der Waals surface area (Å²) in [6, 6.07) is 10.5. The molecular weight excluding hydrogens is 617 g/mol. The number of anilines is 2. The van der Waals surface area contributed by atoms with Crippen molar-refractivity contribution in [2.45, 2.75) is 84.1 Å². The SMILES string of the molecule is CCOc1cc2ncnc(Nc3ccc(Oc4ccn5ncnc5c4)c(C)c3F)c2cc1OC1C[C@H]2CC[C@@H](C1)N2C(=O)OC(C)(C)C. The molecule has 48 heavy (non-hydrogen) atoms. The largest absolute Gasteiger partial charge is 0.490 e. The van der Waals surface area contributed by atoms with E-state index in [9.17, 15) is 4.79 Å². The predicted octanol–water partition coefficient (Wildman–Crippen LogP) is 7.36. The molecular formula is C35H38FN7O5. The van der Waals surface area contributed by atoms with Crippen LogP contribution in [0.4, 0.5) is 20.7 Å². The second kappa shape index (κ2) is 12.4. The van der Waals surface area contributed by atoms with E-state index in [0.29, 0.717) is 70.4 Å². The van der Waals surface area contributed by atoms with Gasteiger partial charge in [-0.3, -0.25) is 0 Å². The minimum Gasteiger partial charge on any atom is -0.490 e. The second-order valence-corrected chi connectivity index (χ2v) is 13.2. The Labute approximate surface area is 277 Å². The summed E-state index contributed by atoms with van der Waals surface area (Å²) < 4.78 is 41.7. The van der Waals surface area contributed by atoms with Crippen LogP contribution in [0, 0.1) is 12.7 Å². The van der Waals surface area contributed by atoms with Crippen molar-refractivity contribution in [2.24, 2.45) is 0 Å². The highest BCUT2D eigenvalue weighted by Gasteiger charge is 2.45. The summed E-state index contributed by atoms with van der Waals surface area (Å²) in [5.74, 6) is 1.93. The van der Waals surface area contributed by atoms with Gasteiger partial charge in [-0.1, -0.05) is 0 Å². The number of ether oxygens (including phenoxy) is 4. The molecule has 2 aromatic carbocycles. The molecule has 5 heterocycles. The van der Waals surface area contributed by atoms with Crippen LogP contribution in [0.15, 0.2) is 55.2 Å². The van der Waals surface area contributed by atoms with Crippen LogP contribution in [0.5, 0.6) is 23.0 Å². The van der Waals surface area contributed by atoms with Crippen LogP contribution in [-0.2, 0) is 4.74 Å². The monoisotopic (exact) mass is 655 g/mol. The van der Waals surface area contributed by atoms with Gasteiger partial charge in [0, 0.05) is 54.2 Å². The van der Waals surface area contributed by atoms with E-state index in [1.807, 2.05) is 44.7 Å². The maximum atomic E-state index is 15.8. The van der Waals surface area contributed by atoms with Gasteiger partial charge in [-0.15, -0.1) is 0 Å². The van der Waals surface area contributed by atoms with E-state index < -0.39 is 11.4 Å². The van der Waals surface area contributed by atoms with Crippen molar-refractivity contribution in [1.29, 1.82) is 0 Å². The van der Waals surface area contributed by atoms with E-state index in [0.717, 1.165) is 12.8 Å². The molecule has 0 spiro atoms. The number of piperidine rings is 1. The number of amides is 1. The second-order valence-electron chi connectivity index (χ2n) is 13.2. The Morgan fingerprint density at radius 2 is 1.79 bits per heavy atom. The Hall–Kier alpha value is -5.20. The Balaban J connectivity index is 1.12. The van der Waals surface area contributed by atoms with Crippen molar-refractivity contribution in [3.63, 3.8) is 0 Å². The quantitative estimate of drug-likeness (QED) is 0.181. The number of nitrogens with zero attached hydrogens (tertiary/aromatic N) is 6. The molecule has 3 aromatic heterocycles. The predicted molar refractivity (Wildman–Crippen MR) is 177 cm³/mol. The Morgan fingerprint density at radius 1 is 1.00 bits per heavy atom. The molecule has 2 aliphatic rings. The highest BCUT2D eigenvalue weighted by atomic mass is 19.1. The summed E-state index contributed by atoms with van der Waals surface area (Å²) in [4.78, 5) is 28.0. The molecule has 13 heteroatoms. The van der Waals surface area contributed by atoms with Crippen molar-refractivity contribution < 1.29 is 28.1 Å². The van der Waals surface area contributed by atoms with Gasteiger partial charge in [0.15, 0.2) is 23.0 Å². The Morgan fingerprint density at radius 3 is 2.54 bits per heavy atom. The first-order valence-electron chi connectivity index (χ1n) is 16.2. The van der Waals surface area contributed by atoms with Crippen LogP contribution >= 0.6 is 0 Å². The number of aromatic nitrogens is 5. The van der Waals surface area contributed by atoms with Crippen LogP contribution in [-0.4, -0.2) is 66.0 Å². The smallest absolute Gasteiger partial charge is 0.410 e. The third-order valence-electron chi connectivity index (χ3n) is 8.66. The highest BCUT2D eigenvalue weighted by molar-refractivity contribution is 5.93. The van der Waals surface area contributed by atoms with Crippen LogP contribution < -0.4 is 19.5 Å². The summed E-state index contributed by atoms with van der Waals surface area (Å²) in [7, 11) is 0. The number of fused-ring (bicyclic) bond motifs is 4. The van der Waals surface area contributed by atoms with Gasteiger partial charge in [0.25, 0.3) is 0 Å². The van der Waals surface area contributed by atoms with Gasteiger partial charge in [-0.05, 0) is 71.7 Å². The standard InChI is InChI=1S/C35H38FN7O5/c1-6-45-29-17-27-25(16-30(29)47-24-13-21-7-8-22(14-24)43(21)34(44)48-35(3,4)5)33(39-18-37-27)41-26-9-10-28(20(2)32(26)36)46-23-11-12-42-31(15-23)38-19-40-42/h9-12,15-19,21-22,24H,6-8,13-14H2,1-5H3,(H,37,39,41)/t21-,22+,24?. The van der Waals surface area contributed by atoms with E-state index in [4.69, 9.17) is 18.9 Å². The Kier molecular flexibility index (Phi) is 8.14. The minimum atomic E-state index is -0.554. The zero-order chi connectivity index (χ0) is 33.6. The van der Waals surface area contributed by atoms with Gasteiger partial charge in [-0.2, -0.15) is 5.10 Å². The van der Waals surface area contributed by atoms with Gasteiger partial charge in [0.2, 0.25) is 0 Å². The Bertz CT molecular complexity index is 1980. The van der Waals surface area contributed by atoms with Crippen LogP contribution in [0.1, 0.15) is 58.9 Å². The first kappa shape index (κ1) is 31.4. The molecule has 2 saturated heterocycles. The molecule has 2 aliphatic heterocycles. The number of nitrogens with one attached hydrogen (secondary N) is 1. The van der Waals surface area contributed by atoms with Gasteiger partial charge >= 0.3 is 6.09 Å². The van der Waals surface area contributed by atoms with Crippen molar-refractivity contribution >= 4 is 34.1 Å². The first-order chi connectivity index (χ1) is 23.1. The number of benzene rings is 2. The molecule has 5 aromatic rings. The molecule has 0 saturated carbocycles. The fraction of sp³-hybridized carbons (Fsp3) is 0.400. The average Bonchev–Trinajstić information content (AvgIpc) is 3.62. The fourth-order valence-electron chi connectivity index (χ4n) is 6.53. The third-order valence-corrected chi connectivity index (χ3v) is 8.66. The summed E-state index contributed by atoms with van der Waals surface area (Å²) >= 11 is 0. The van der Waals surface area contributed by atoms with E-state index in [1.54, 1.807) is 41.9 Å². The molecule has 0 aliphatic carbocycles. The average molecular weight is 656 g/mol. The maximum Gasteiger partial charge on any atom is 0.410 e. The summed E-state index contributed by atoms with van der Waals surface area (Å²) in [6.07, 6.45) is 7.40. The molecule has 2 bridgehead atoms. The normalized spacial score (nSPS) is 19.0. The third kappa shape index (κ3) is 6.24. The van der Waals surface area contributed by atoms with Gasteiger partial charge < -0.3 is 29.2 Å². The number of hydrogen-bond donors (Lipinski definition) is 1. The number of carbonyl (C=O) groups excluding carboxylic acids is 1. The van der Waals surface area contributed by atoms with Crippen molar-refractivity contribution in [1.82, 2.24) is 29.5 Å². The summed E-state index contributed by atoms with van der Waals surface area (Å²) in [5, 5.41) is 7.88. The highest BCUT2D eigenvalue weighted by Crippen LogP contribution is 2.42. The lowest BCUT2D eigenvalue weighted by Crippen LogP contribution is -2.50. The molecule has 250 valence electrons. The summed E-state index contributed by atoms with van der Waals surface area (Å²) in [6.45, 7) is 9.65. The lowest BCUT2D eigenvalue weighted by Gasteiger charge is -2.39. The molecule has 0 radical (unpaired) electrons. The zero-order valence-corrected chi connectivity index (χ0v) is 27.6. The molecule has 1 unspecified atom stereocenters. The molecule has 1 N–H and O–H groups in total. The minimum absolute atomic E-state index is 0.0453. The molecule has 12 nitrogen and oxygen atoms in total. The molecule has 1 amide bonds. The van der Waals surface area contributed by atoms with E-state index in [1.165, 1.54) is 12.7 Å². The van der Waals surface area contributed by atoms with E-state index in [2.05, 4.69) is 25.4 Å². The topological polar surface area (TPSA) is 125 Å². The van der Waals surface area contributed by atoms with Gasteiger partial charge in [0.05, 0.1) is 17.8 Å². The summed E-state index contributed by atoms with van der Waals surface area (Å²) in [5.41, 5.74) is 1.24. The van der Waals surface area contributed by atoms with E-state index >= 15 is 4.39 Å². The zero-order valence-electron chi connectivity index (χ0n) is 27.6. The number of pyridine rings is 1. The first-order valence-corrected chi connectivity index (χ1v) is 16.2. The van der Waals surface area contributed by atoms with Crippen molar-refractivity contribution in [2.75, 3.05) is 11.9 Å². The lowest BCUT2D eigenvalue weighted by atomic mass is 10.00. The fourth-order valence-corrected chi connectivity index (χ4v) is 6.53. The van der Waals surface area contributed by atoms with Crippen LogP contribution in [0.25, 0.3) is 16.6 Å². The van der Waals surface area contributed by atoms with Crippen molar-refractivity contribution in [3.8, 4) is 23.0 Å². The van der Waals surface area contributed by atoms with Crippen LogP contribution in [0.3, 0.4) is 0 Å². The van der Waals surface area contributed by atoms with Crippen LogP contribution in [0.2, 0.25) is 0 Å². The lowest BCUT2D eigenvalue weighted by molar-refractivity contribution is -0.00741. The van der Waals surface area contributed by atoms with Gasteiger partial charge in [-0.25, -0.2) is 28.7 Å². The molecule has 3 atom stereocenters. The number of rotatable bonds is 8. The number of halogens is 1. The molecule has 2 fully saturated rings. The molecule has 7 rings (SSSR count). The van der Waals surface area contributed by atoms with Gasteiger partial charge in [0.1, 0.15) is 41.7 Å².